The number of rotatable bonds is 6. The topological polar surface area (TPSA) is 46.2 Å². The third-order valence-corrected chi connectivity index (χ3v) is 4.26. The van der Waals surface area contributed by atoms with Crippen LogP contribution in [0.15, 0.2) is 24.3 Å². The van der Waals surface area contributed by atoms with Crippen molar-refractivity contribution in [1.29, 1.82) is 0 Å². The average molecular weight is 367 g/mol. The van der Waals surface area contributed by atoms with Crippen molar-refractivity contribution in [3.63, 3.8) is 0 Å². The van der Waals surface area contributed by atoms with E-state index in [4.69, 9.17) is 0 Å². The minimum Gasteiger partial charge on any atom is -0.310 e. The molecule has 1 aromatic carbocycles. The highest BCUT2D eigenvalue weighted by molar-refractivity contribution is 14.1. The van der Waals surface area contributed by atoms with Crippen LogP contribution >= 0.6 is 22.6 Å². The number of nitrogens with one attached hydrogen (secondary N) is 1. The van der Waals surface area contributed by atoms with E-state index in [0.29, 0.717) is 6.42 Å². The second-order valence-corrected chi connectivity index (χ2v) is 7.72. The molecule has 0 heterocycles. The van der Waals surface area contributed by atoms with E-state index in [2.05, 4.69) is 59.1 Å². The van der Waals surface area contributed by atoms with Crippen LogP contribution in [0.2, 0.25) is 0 Å². The van der Waals surface area contributed by atoms with Crippen LogP contribution in [0.3, 0.4) is 0 Å². The van der Waals surface area contributed by atoms with E-state index in [1.54, 1.807) is 0 Å². The minimum atomic E-state index is -2.83. The Bertz CT molecular complexity index is 442. The van der Waals surface area contributed by atoms with E-state index in [0.717, 1.165) is 6.54 Å². The van der Waals surface area contributed by atoms with Crippen molar-refractivity contribution in [1.82, 2.24) is 5.32 Å². The molecule has 96 valence electrons. The summed E-state index contributed by atoms with van der Waals surface area (Å²) in [4.78, 5) is 0. The highest BCUT2D eigenvalue weighted by Crippen LogP contribution is 2.14. The molecule has 1 rings (SSSR count). The zero-order valence-corrected chi connectivity index (χ0v) is 13.1. The smallest absolute Gasteiger partial charge is 0.147 e. The number of hydrogen-bond donors (Lipinski definition) is 1. The Labute approximate surface area is 117 Å². The van der Waals surface area contributed by atoms with E-state index in [1.165, 1.54) is 15.4 Å². The lowest BCUT2D eigenvalue weighted by Crippen LogP contribution is -2.21. The Balaban J connectivity index is 2.35. The number of benzene rings is 1. The van der Waals surface area contributed by atoms with Gasteiger partial charge in [0.1, 0.15) is 9.84 Å². The lowest BCUT2D eigenvalue weighted by atomic mass is 10.1. The van der Waals surface area contributed by atoms with Crippen molar-refractivity contribution in [2.24, 2.45) is 0 Å². The Morgan fingerprint density at radius 3 is 2.41 bits per heavy atom. The van der Waals surface area contributed by atoms with Gasteiger partial charge in [0.2, 0.25) is 0 Å². The van der Waals surface area contributed by atoms with Gasteiger partial charge in [-0.1, -0.05) is 12.1 Å². The molecule has 1 aromatic rings. The molecule has 0 amide bonds. The van der Waals surface area contributed by atoms with E-state index < -0.39 is 9.84 Å². The molecule has 17 heavy (non-hydrogen) atoms. The van der Waals surface area contributed by atoms with Gasteiger partial charge in [-0.2, -0.15) is 0 Å². The lowest BCUT2D eigenvalue weighted by molar-refractivity contribution is 0.562. The fourth-order valence-corrected chi connectivity index (χ4v) is 2.55. The summed E-state index contributed by atoms with van der Waals surface area (Å²) in [6.45, 7) is 2.81. The van der Waals surface area contributed by atoms with Gasteiger partial charge >= 0.3 is 0 Å². The molecule has 1 N–H and O–H groups in total. The SMILES string of the molecule is CC(NCCCS(C)(=O)=O)c1ccc(I)cc1. The first kappa shape index (κ1) is 14.9. The third-order valence-electron chi connectivity index (χ3n) is 2.51. The average Bonchev–Trinajstić information content (AvgIpc) is 2.24. The van der Waals surface area contributed by atoms with E-state index in [9.17, 15) is 8.42 Å². The molecule has 1 atom stereocenters. The van der Waals surface area contributed by atoms with Crippen LogP contribution in [0.5, 0.6) is 0 Å². The first-order chi connectivity index (χ1) is 7.88. The second kappa shape index (κ2) is 6.70. The molecule has 0 fully saturated rings. The molecule has 0 aliphatic rings. The van der Waals surface area contributed by atoms with Crippen LogP contribution < -0.4 is 5.32 Å². The van der Waals surface area contributed by atoms with Crippen LogP contribution in [-0.4, -0.2) is 27.0 Å². The Hall–Kier alpha value is -0.140. The predicted molar refractivity (Wildman–Crippen MR) is 79.9 cm³/mol. The first-order valence-corrected chi connectivity index (χ1v) is 8.69. The molecule has 0 saturated carbocycles. The van der Waals surface area contributed by atoms with Gasteiger partial charge < -0.3 is 5.32 Å². The summed E-state index contributed by atoms with van der Waals surface area (Å²) in [6.07, 6.45) is 1.93. The molecule has 0 saturated heterocycles. The van der Waals surface area contributed by atoms with Crippen molar-refractivity contribution < 1.29 is 8.42 Å². The molecule has 0 aliphatic carbocycles. The lowest BCUT2D eigenvalue weighted by Gasteiger charge is -2.14. The molecular formula is C12H18INO2S. The van der Waals surface area contributed by atoms with Crippen LogP contribution in [0.4, 0.5) is 0 Å². The van der Waals surface area contributed by atoms with Gasteiger partial charge in [0, 0.05) is 15.9 Å². The predicted octanol–water partition coefficient (Wildman–Crippen LogP) is 2.38. The zero-order chi connectivity index (χ0) is 12.9. The first-order valence-electron chi connectivity index (χ1n) is 5.55. The largest absolute Gasteiger partial charge is 0.310 e. The summed E-state index contributed by atoms with van der Waals surface area (Å²) < 4.78 is 23.1. The van der Waals surface area contributed by atoms with Crippen molar-refractivity contribution in [3.05, 3.63) is 33.4 Å². The Morgan fingerprint density at radius 1 is 1.29 bits per heavy atom. The van der Waals surface area contributed by atoms with Crippen LogP contribution in [0.25, 0.3) is 0 Å². The van der Waals surface area contributed by atoms with Crippen LogP contribution in [0.1, 0.15) is 24.9 Å². The maximum absolute atomic E-state index is 11.0. The van der Waals surface area contributed by atoms with Crippen molar-refractivity contribution in [3.8, 4) is 0 Å². The molecule has 5 heteroatoms. The molecule has 1 unspecified atom stereocenters. The van der Waals surface area contributed by atoms with Gasteiger partial charge in [-0.05, 0) is 60.2 Å². The van der Waals surface area contributed by atoms with E-state index in [-0.39, 0.29) is 11.8 Å². The standard InChI is InChI=1S/C12H18INO2S/c1-10(11-4-6-12(13)7-5-11)14-8-3-9-17(2,15)16/h4-7,10,14H,3,8-9H2,1-2H3. The summed E-state index contributed by atoms with van der Waals surface area (Å²) in [5.41, 5.74) is 1.23. The van der Waals surface area contributed by atoms with Gasteiger partial charge in [0.25, 0.3) is 0 Å². The summed E-state index contributed by atoms with van der Waals surface area (Å²) in [7, 11) is -2.83. The highest BCUT2D eigenvalue weighted by Gasteiger charge is 2.05. The molecule has 0 spiro atoms. The summed E-state index contributed by atoms with van der Waals surface area (Å²) >= 11 is 2.28. The molecule has 0 radical (unpaired) electrons. The normalized spacial score (nSPS) is 13.6. The molecule has 3 nitrogen and oxygen atoms in total. The van der Waals surface area contributed by atoms with Crippen LogP contribution in [0, 0.1) is 3.57 Å². The number of hydrogen-bond acceptors (Lipinski definition) is 3. The third kappa shape index (κ3) is 6.38. The van der Waals surface area contributed by atoms with Crippen molar-refractivity contribution in [2.45, 2.75) is 19.4 Å². The maximum Gasteiger partial charge on any atom is 0.147 e. The Kier molecular flexibility index (Phi) is 5.88. The zero-order valence-electron chi connectivity index (χ0n) is 10.1. The number of halogens is 1. The molecule has 0 bridgehead atoms. The fraction of sp³-hybridized carbons (Fsp3) is 0.500. The van der Waals surface area contributed by atoms with Gasteiger partial charge in [-0.3, -0.25) is 0 Å². The van der Waals surface area contributed by atoms with E-state index >= 15 is 0 Å². The monoisotopic (exact) mass is 367 g/mol. The highest BCUT2D eigenvalue weighted by atomic mass is 127. The van der Waals surface area contributed by atoms with Crippen LogP contribution in [-0.2, 0) is 9.84 Å². The van der Waals surface area contributed by atoms with Gasteiger partial charge in [0.15, 0.2) is 0 Å². The molecule has 0 aromatic heterocycles. The minimum absolute atomic E-state index is 0.249. The van der Waals surface area contributed by atoms with E-state index in [1.807, 2.05) is 0 Å². The summed E-state index contributed by atoms with van der Waals surface area (Å²) in [5, 5.41) is 3.32. The van der Waals surface area contributed by atoms with Gasteiger partial charge in [0.05, 0.1) is 5.75 Å². The fourth-order valence-electron chi connectivity index (χ4n) is 1.52. The number of sulfone groups is 1. The van der Waals surface area contributed by atoms with Crippen molar-refractivity contribution >= 4 is 32.4 Å². The Morgan fingerprint density at radius 2 is 1.88 bits per heavy atom. The molecular weight excluding hydrogens is 349 g/mol. The van der Waals surface area contributed by atoms with Crippen molar-refractivity contribution in [2.75, 3.05) is 18.6 Å². The molecule has 0 aliphatic heterocycles. The van der Waals surface area contributed by atoms with Gasteiger partial charge in [-0.15, -0.1) is 0 Å². The quantitative estimate of drug-likeness (QED) is 0.620. The van der Waals surface area contributed by atoms with Gasteiger partial charge in [-0.25, -0.2) is 8.42 Å². The summed E-state index contributed by atoms with van der Waals surface area (Å²) in [5.74, 6) is 0.249. The second-order valence-electron chi connectivity index (χ2n) is 4.21. The maximum atomic E-state index is 11.0. The summed E-state index contributed by atoms with van der Waals surface area (Å²) in [6, 6.07) is 8.59.